The number of methoxy groups -OCH3 is 1. The van der Waals surface area contributed by atoms with Gasteiger partial charge in [0, 0.05) is 36.2 Å². The van der Waals surface area contributed by atoms with Gasteiger partial charge in [0.2, 0.25) is 0 Å². The summed E-state index contributed by atoms with van der Waals surface area (Å²) in [5.74, 6) is -0.203. The molecular formula is C27H32N4O2S. The third-order valence-corrected chi connectivity index (χ3v) is 6.96. The Morgan fingerprint density at radius 2 is 1.94 bits per heavy atom. The fourth-order valence-electron chi connectivity index (χ4n) is 4.97. The molecule has 7 heteroatoms. The van der Waals surface area contributed by atoms with Crippen molar-refractivity contribution in [2.45, 2.75) is 52.1 Å². The van der Waals surface area contributed by atoms with Crippen LogP contribution in [0.2, 0.25) is 0 Å². The molecular weight excluding hydrogens is 444 g/mol. The molecule has 0 saturated carbocycles. The summed E-state index contributed by atoms with van der Waals surface area (Å²) in [5.41, 5.74) is 7.06. The van der Waals surface area contributed by atoms with Crippen LogP contribution in [0, 0.1) is 13.8 Å². The summed E-state index contributed by atoms with van der Waals surface area (Å²) in [5, 5.41) is 4.19. The number of hydrogen-bond donors (Lipinski definition) is 1. The number of aryl methyl sites for hydroxylation is 2. The smallest absolute Gasteiger partial charge is 0.305 e. The van der Waals surface area contributed by atoms with E-state index in [9.17, 15) is 4.79 Å². The number of carbonyl (C=O) groups excluding carboxylic acids is 1. The molecule has 1 fully saturated rings. The number of esters is 1. The number of nitrogens with zero attached hydrogens (tertiary/aromatic N) is 3. The van der Waals surface area contributed by atoms with Crippen LogP contribution in [0.15, 0.2) is 54.7 Å². The van der Waals surface area contributed by atoms with Crippen molar-refractivity contribution < 1.29 is 9.53 Å². The number of rotatable bonds is 8. The maximum absolute atomic E-state index is 11.7. The lowest BCUT2D eigenvalue weighted by Crippen LogP contribution is -2.31. The molecule has 0 radical (unpaired) electrons. The van der Waals surface area contributed by atoms with Crippen molar-refractivity contribution in [2.75, 3.05) is 13.7 Å². The third-order valence-electron chi connectivity index (χ3n) is 6.61. The Balaban J connectivity index is 1.77. The number of pyridine rings is 1. The topological polar surface area (TPSA) is 59.4 Å². The summed E-state index contributed by atoms with van der Waals surface area (Å²) in [7, 11) is 1.42. The first kappa shape index (κ1) is 24.0. The highest BCUT2D eigenvalue weighted by atomic mass is 32.1. The van der Waals surface area contributed by atoms with Crippen LogP contribution in [-0.4, -0.2) is 39.2 Å². The molecule has 0 bridgehead atoms. The van der Waals surface area contributed by atoms with Crippen LogP contribution in [-0.2, 0) is 16.0 Å². The Morgan fingerprint density at radius 1 is 1.18 bits per heavy atom. The standard InChI is InChI=1S/C27H32N4O2S/c1-5-20-11-6-7-13-23(20)31-18(2)17-21(19(31)3)26-25(22-12-8-9-15-28-22)29-27(34)30(26)16-10-14-24(32)33-4/h6-9,11-13,15,17,25-26H,5,10,14,16H2,1-4H3,(H,29,34)/t25-,26-/m0/s1. The second-order valence-corrected chi connectivity index (χ2v) is 9.03. The van der Waals surface area contributed by atoms with Gasteiger partial charge in [-0.1, -0.05) is 31.2 Å². The van der Waals surface area contributed by atoms with Crippen LogP contribution in [0.1, 0.15) is 60.1 Å². The summed E-state index contributed by atoms with van der Waals surface area (Å²) in [6, 6.07) is 16.7. The normalized spacial score (nSPS) is 17.6. The molecule has 1 aromatic carbocycles. The average molecular weight is 477 g/mol. The second-order valence-electron chi connectivity index (χ2n) is 8.64. The Labute approximate surface area is 207 Å². The van der Waals surface area contributed by atoms with Gasteiger partial charge in [0.1, 0.15) is 0 Å². The first-order chi connectivity index (χ1) is 16.5. The summed E-state index contributed by atoms with van der Waals surface area (Å²) in [6.45, 7) is 7.18. The zero-order valence-electron chi connectivity index (χ0n) is 20.2. The number of thiocarbonyl (C=S) groups is 1. The fourth-order valence-corrected chi connectivity index (χ4v) is 5.30. The minimum Gasteiger partial charge on any atom is -0.469 e. The van der Waals surface area contributed by atoms with Crippen LogP contribution in [0.3, 0.4) is 0 Å². The van der Waals surface area contributed by atoms with Crippen LogP contribution >= 0.6 is 12.2 Å². The number of carbonyl (C=O) groups is 1. The third kappa shape index (κ3) is 4.57. The minimum atomic E-state index is -0.203. The van der Waals surface area contributed by atoms with Crippen molar-refractivity contribution in [1.82, 2.24) is 19.8 Å². The van der Waals surface area contributed by atoms with E-state index in [4.69, 9.17) is 17.0 Å². The molecule has 34 heavy (non-hydrogen) atoms. The predicted octanol–water partition coefficient (Wildman–Crippen LogP) is 4.98. The number of aromatic nitrogens is 2. The largest absolute Gasteiger partial charge is 0.469 e. The minimum absolute atomic E-state index is 0.0335. The van der Waals surface area contributed by atoms with E-state index in [2.05, 4.69) is 70.9 Å². The molecule has 0 spiro atoms. The molecule has 3 aromatic rings. The number of para-hydroxylation sites is 1. The van der Waals surface area contributed by atoms with Gasteiger partial charge in [0.15, 0.2) is 5.11 Å². The Bertz CT molecular complexity index is 1170. The lowest BCUT2D eigenvalue weighted by atomic mass is 9.96. The van der Waals surface area contributed by atoms with E-state index in [1.807, 2.05) is 24.4 Å². The van der Waals surface area contributed by atoms with Gasteiger partial charge in [-0.25, -0.2) is 0 Å². The van der Waals surface area contributed by atoms with Crippen molar-refractivity contribution in [3.63, 3.8) is 0 Å². The number of nitrogens with one attached hydrogen (secondary N) is 1. The SMILES string of the molecule is CCc1ccccc1-n1c(C)cc([C@H]2[C@H](c3ccccn3)NC(=S)N2CCCC(=O)OC)c1C. The first-order valence-electron chi connectivity index (χ1n) is 11.8. The highest BCUT2D eigenvalue weighted by molar-refractivity contribution is 7.80. The van der Waals surface area contributed by atoms with Gasteiger partial charge in [-0.15, -0.1) is 0 Å². The van der Waals surface area contributed by atoms with Gasteiger partial charge in [-0.05, 0) is 74.3 Å². The molecule has 178 valence electrons. The maximum Gasteiger partial charge on any atom is 0.305 e. The molecule has 1 N–H and O–H groups in total. The quantitative estimate of drug-likeness (QED) is 0.366. The average Bonchev–Trinajstić information content (AvgIpc) is 3.34. The highest BCUT2D eigenvalue weighted by Gasteiger charge is 2.41. The molecule has 1 aliphatic heterocycles. The van der Waals surface area contributed by atoms with E-state index in [0.29, 0.717) is 24.5 Å². The number of hydrogen-bond acceptors (Lipinski definition) is 4. The zero-order chi connectivity index (χ0) is 24.2. The van der Waals surface area contributed by atoms with Gasteiger partial charge in [-0.2, -0.15) is 0 Å². The Kier molecular flexibility index (Phi) is 7.32. The first-order valence-corrected chi connectivity index (χ1v) is 12.2. The number of benzene rings is 1. The molecule has 3 heterocycles. The summed E-state index contributed by atoms with van der Waals surface area (Å²) in [6.07, 6.45) is 3.81. The van der Waals surface area contributed by atoms with Gasteiger partial charge < -0.3 is 19.5 Å². The summed E-state index contributed by atoms with van der Waals surface area (Å²) in [4.78, 5) is 18.6. The van der Waals surface area contributed by atoms with Gasteiger partial charge in [0.05, 0.1) is 24.9 Å². The fraction of sp³-hybridized carbons (Fsp3) is 0.370. The molecule has 1 aliphatic rings. The lowest BCUT2D eigenvalue weighted by molar-refractivity contribution is -0.140. The van der Waals surface area contributed by atoms with E-state index < -0.39 is 0 Å². The molecule has 2 aromatic heterocycles. The van der Waals surface area contributed by atoms with Gasteiger partial charge in [-0.3, -0.25) is 9.78 Å². The van der Waals surface area contributed by atoms with E-state index in [1.165, 1.54) is 35.3 Å². The molecule has 2 atom stereocenters. The second kappa shape index (κ2) is 10.4. The van der Waals surface area contributed by atoms with Crippen molar-refractivity contribution >= 4 is 23.3 Å². The van der Waals surface area contributed by atoms with Crippen LogP contribution < -0.4 is 5.32 Å². The molecule has 0 aliphatic carbocycles. The van der Waals surface area contributed by atoms with E-state index in [1.54, 1.807) is 0 Å². The van der Waals surface area contributed by atoms with Crippen LogP contribution in [0.25, 0.3) is 5.69 Å². The number of ether oxygens (including phenoxy) is 1. The zero-order valence-corrected chi connectivity index (χ0v) is 21.1. The lowest BCUT2D eigenvalue weighted by Gasteiger charge is -2.28. The van der Waals surface area contributed by atoms with Crippen molar-refractivity contribution in [2.24, 2.45) is 0 Å². The van der Waals surface area contributed by atoms with E-state index in [-0.39, 0.29) is 18.1 Å². The molecule has 0 amide bonds. The molecule has 0 unspecified atom stereocenters. The van der Waals surface area contributed by atoms with E-state index in [0.717, 1.165) is 12.1 Å². The Morgan fingerprint density at radius 3 is 2.65 bits per heavy atom. The van der Waals surface area contributed by atoms with Gasteiger partial charge >= 0.3 is 5.97 Å². The molecule has 4 rings (SSSR count). The monoisotopic (exact) mass is 476 g/mol. The predicted molar refractivity (Wildman–Crippen MR) is 138 cm³/mol. The van der Waals surface area contributed by atoms with Crippen molar-refractivity contribution in [1.29, 1.82) is 0 Å². The molecule has 1 saturated heterocycles. The van der Waals surface area contributed by atoms with Crippen molar-refractivity contribution in [3.05, 3.63) is 82.9 Å². The Hall–Kier alpha value is -3.19. The summed E-state index contributed by atoms with van der Waals surface area (Å²) < 4.78 is 7.18. The van der Waals surface area contributed by atoms with Crippen molar-refractivity contribution in [3.8, 4) is 5.69 Å². The van der Waals surface area contributed by atoms with Gasteiger partial charge in [0.25, 0.3) is 0 Å². The highest BCUT2D eigenvalue weighted by Crippen LogP contribution is 2.41. The maximum atomic E-state index is 11.7. The summed E-state index contributed by atoms with van der Waals surface area (Å²) >= 11 is 5.78. The van der Waals surface area contributed by atoms with Crippen LogP contribution in [0.5, 0.6) is 0 Å². The molecule has 6 nitrogen and oxygen atoms in total. The van der Waals surface area contributed by atoms with Crippen LogP contribution in [0.4, 0.5) is 0 Å². The van der Waals surface area contributed by atoms with E-state index >= 15 is 0 Å².